The van der Waals surface area contributed by atoms with Crippen LogP contribution in [0, 0.1) is 5.82 Å². The minimum absolute atomic E-state index is 0.196. The van der Waals surface area contributed by atoms with Crippen LogP contribution < -0.4 is 10.6 Å². The van der Waals surface area contributed by atoms with Gasteiger partial charge in [-0.2, -0.15) is 0 Å². The van der Waals surface area contributed by atoms with Crippen molar-refractivity contribution in [2.24, 2.45) is 5.73 Å². The molecule has 1 aromatic carbocycles. The van der Waals surface area contributed by atoms with Crippen LogP contribution in [0.3, 0.4) is 0 Å². The standard InChI is InChI=1S/C11H13FN2O2/c12-9-5-8(11(13)15)6-10(7-9)14-1-3-16-4-2-14/h5-7H,1-4H2,(H2,13,15). The minimum Gasteiger partial charge on any atom is -0.378 e. The maximum Gasteiger partial charge on any atom is 0.248 e. The molecule has 16 heavy (non-hydrogen) atoms. The van der Waals surface area contributed by atoms with Crippen LogP contribution in [0.15, 0.2) is 18.2 Å². The summed E-state index contributed by atoms with van der Waals surface area (Å²) in [6.45, 7) is 2.62. The lowest BCUT2D eigenvalue weighted by Gasteiger charge is -2.29. The Bertz CT molecular complexity index is 403. The summed E-state index contributed by atoms with van der Waals surface area (Å²) in [5.41, 5.74) is 6.01. The van der Waals surface area contributed by atoms with Crippen molar-refractivity contribution in [1.82, 2.24) is 0 Å². The van der Waals surface area contributed by atoms with E-state index in [1.54, 1.807) is 6.07 Å². The molecule has 1 heterocycles. The number of nitrogens with zero attached hydrogens (tertiary/aromatic N) is 1. The molecular formula is C11H13FN2O2. The van der Waals surface area contributed by atoms with Gasteiger partial charge >= 0.3 is 0 Å². The lowest BCUT2D eigenvalue weighted by Crippen LogP contribution is -2.36. The average molecular weight is 224 g/mol. The first-order valence-electron chi connectivity index (χ1n) is 5.10. The van der Waals surface area contributed by atoms with Crippen LogP contribution in [0.4, 0.5) is 10.1 Å². The van der Waals surface area contributed by atoms with Crippen molar-refractivity contribution >= 4 is 11.6 Å². The normalized spacial score (nSPS) is 16.2. The predicted octanol–water partition coefficient (Wildman–Crippen LogP) is 0.761. The van der Waals surface area contributed by atoms with E-state index in [1.165, 1.54) is 6.07 Å². The Hall–Kier alpha value is -1.62. The van der Waals surface area contributed by atoms with Crippen molar-refractivity contribution in [3.63, 3.8) is 0 Å². The van der Waals surface area contributed by atoms with Gasteiger partial charge in [-0.15, -0.1) is 0 Å². The Morgan fingerprint density at radius 1 is 1.31 bits per heavy atom. The van der Waals surface area contributed by atoms with Gasteiger partial charge in [0.05, 0.1) is 13.2 Å². The van der Waals surface area contributed by atoms with Crippen molar-refractivity contribution in [3.05, 3.63) is 29.6 Å². The first-order chi connectivity index (χ1) is 7.66. The Kier molecular flexibility index (Phi) is 3.05. The Morgan fingerprint density at radius 3 is 2.62 bits per heavy atom. The second-order valence-electron chi connectivity index (χ2n) is 3.66. The van der Waals surface area contributed by atoms with Crippen LogP contribution >= 0.6 is 0 Å². The van der Waals surface area contributed by atoms with Gasteiger partial charge < -0.3 is 15.4 Å². The minimum atomic E-state index is -0.617. The molecule has 0 atom stereocenters. The highest BCUT2D eigenvalue weighted by atomic mass is 19.1. The van der Waals surface area contributed by atoms with E-state index in [4.69, 9.17) is 10.5 Å². The summed E-state index contributed by atoms with van der Waals surface area (Å²) < 4.78 is 18.5. The molecule has 0 unspecified atom stereocenters. The summed E-state index contributed by atoms with van der Waals surface area (Å²) in [5.74, 6) is -1.06. The van der Waals surface area contributed by atoms with E-state index >= 15 is 0 Å². The fourth-order valence-electron chi connectivity index (χ4n) is 1.72. The number of benzene rings is 1. The van der Waals surface area contributed by atoms with Crippen LogP contribution in [-0.4, -0.2) is 32.2 Å². The molecule has 4 nitrogen and oxygen atoms in total. The molecule has 1 fully saturated rings. The second-order valence-corrected chi connectivity index (χ2v) is 3.66. The molecule has 1 aliphatic rings. The zero-order chi connectivity index (χ0) is 11.5. The molecular weight excluding hydrogens is 211 g/mol. The summed E-state index contributed by atoms with van der Waals surface area (Å²) in [4.78, 5) is 13.0. The fourth-order valence-corrected chi connectivity index (χ4v) is 1.72. The number of primary amides is 1. The van der Waals surface area contributed by atoms with E-state index in [1.807, 2.05) is 4.90 Å². The SMILES string of the molecule is NC(=O)c1cc(F)cc(N2CCOCC2)c1. The Labute approximate surface area is 92.8 Å². The van der Waals surface area contributed by atoms with Gasteiger partial charge in [0.2, 0.25) is 5.91 Å². The van der Waals surface area contributed by atoms with E-state index in [9.17, 15) is 9.18 Å². The average Bonchev–Trinajstić information content (AvgIpc) is 2.29. The van der Waals surface area contributed by atoms with E-state index in [0.717, 1.165) is 6.07 Å². The molecule has 2 rings (SSSR count). The molecule has 1 saturated heterocycles. The molecule has 0 aliphatic carbocycles. The van der Waals surface area contributed by atoms with Gasteiger partial charge in [0.25, 0.3) is 0 Å². The van der Waals surface area contributed by atoms with Crippen LogP contribution in [0.25, 0.3) is 0 Å². The third-order valence-electron chi connectivity index (χ3n) is 2.54. The van der Waals surface area contributed by atoms with Gasteiger partial charge in [-0.3, -0.25) is 4.79 Å². The third kappa shape index (κ3) is 2.30. The number of hydrogen-bond acceptors (Lipinski definition) is 3. The molecule has 5 heteroatoms. The highest BCUT2D eigenvalue weighted by Crippen LogP contribution is 2.19. The Morgan fingerprint density at radius 2 is 2.00 bits per heavy atom. The quantitative estimate of drug-likeness (QED) is 0.807. The molecule has 1 amide bonds. The van der Waals surface area contributed by atoms with E-state index < -0.39 is 11.7 Å². The predicted molar refractivity (Wildman–Crippen MR) is 57.9 cm³/mol. The summed E-state index contributed by atoms with van der Waals surface area (Å²) in [7, 11) is 0. The Balaban J connectivity index is 2.28. The first kappa shape index (κ1) is 10.9. The van der Waals surface area contributed by atoms with E-state index in [-0.39, 0.29) is 5.56 Å². The zero-order valence-electron chi connectivity index (χ0n) is 8.78. The molecule has 0 saturated carbocycles. The van der Waals surface area contributed by atoms with Crippen LogP contribution in [0.5, 0.6) is 0 Å². The summed E-state index contributed by atoms with van der Waals surface area (Å²) in [6.07, 6.45) is 0. The van der Waals surface area contributed by atoms with Gasteiger partial charge in [0.15, 0.2) is 0 Å². The number of halogens is 1. The van der Waals surface area contributed by atoms with E-state index in [0.29, 0.717) is 32.0 Å². The molecule has 0 spiro atoms. The molecule has 0 radical (unpaired) electrons. The number of carbonyl (C=O) groups is 1. The number of hydrogen-bond donors (Lipinski definition) is 1. The molecule has 1 aromatic rings. The summed E-state index contributed by atoms with van der Waals surface area (Å²) in [6, 6.07) is 4.15. The van der Waals surface area contributed by atoms with Crippen LogP contribution in [-0.2, 0) is 4.74 Å². The van der Waals surface area contributed by atoms with Gasteiger partial charge in [-0.05, 0) is 18.2 Å². The first-order valence-corrected chi connectivity index (χ1v) is 5.10. The van der Waals surface area contributed by atoms with Crippen molar-refractivity contribution in [2.45, 2.75) is 0 Å². The highest BCUT2D eigenvalue weighted by Gasteiger charge is 2.14. The molecule has 0 aromatic heterocycles. The molecule has 1 aliphatic heterocycles. The largest absolute Gasteiger partial charge is 0.378 e. The fraction of sp³-hybridized carbons (Fsp3) is 0.364. The summed E-state index contributed by atoms with van der Waals surface area (Å²) >= 11 is 0. The zero-order valence-corrected chi connectivity index (χ0v) is 8.78. The van der Waals surface area contributed by atoms with Gasteiger partial charge in [0.1, 0.15) is 5.82 Å². The monoisotopic (exact) mass is 224 g/mol. The number of anilines is 1. The second kappa shape index (κ2) is 4.49. The molecule has 86 valence electrons. The van der Waals surface area contributed by atoms with Crippen LogP contribution in [0.2, 0.25) is 0 Å². The molecule has 2 N–H and O–H groups in total. The lowest BCUT2D eigenvalue weighted by atomic mass is 10.1. The lowest BCUT2D eigenvalue weighted by molar-refractivity contribution is 0.1000. The number of ether oxygens (including phenoxy) is 1. The number of carbonyl (C=O) groups excluding carboxylic acids is 1. The van der Waals surface area contributed by atoms with Gasteiger partial charge in [-0.25, -0.2) is 4.39 Å². The van der Waals surface area contributed by atoms with E-state index in [2.05, 4.69) is 0 Å². The number of nitrogens with two attached hydrogens (primary N) is 1. The van der Waals surface area contributed by atoms with Crippen molar-refractivity contribution in [3.8, 4) is 0 Å². The molecule has 0 bridgehead atoms. The van der Waals surface area contributed by atoms with Crippen LogP contribution in [0.1, 0.15) is 10.4 Å². The van der Waals surface area contributed by atoms with Crippen molar-refractivity contribution in [1.29, 1.82) is 0 Å². The van der Waals surface area contributed by atoms with Crippen molar-refractivity contribution in [2.75, 3.05) is 31.2 Å². The smallest absolute Gasteiger partial charge is 0.248 e. The summed E-state index contributed by atoms with van der Waals surface area (Å²) in [5, 5.41) is 0. The highest BCUT2D eigenvalue weighted by molar-refractivity contribution is 5.93. The number of amides is 1. The van der Waals surface area contributed by atoms with Gasteiger partial charge in [0, 0.05) is 24.3 Å². The maximum atomic E-state index is 13.3. The van der Waals surface area contributed by atoms with Crippen molar-refractivity contribution < 1.29 is 13.9 Å². The number of rotatable bonds is 2. The number of morpholine rings is 1. The maximum absolute atomic E-state index is 13.3. The van der Waals surface area contributed by atoms with Gasteiger partial charge in [-0.1, -0.05) is 0 Å². The topological polar surface area (TPSA) is 55.6 Å². The third-order valence-corrected chi connectivity index (χ3v) is 2.54.